The highest BCUT2D eigenvalue weighted by Crippen LogP contribution is 2.30. The average Bonchev–Trinajstić information content (AvgIpc) is 2.97. The van der Waals surface area contributed by atoms with E-state index in [0.29, 0.717) is 5.13 Å². The Bertz CT molecular complexity index is 685. The molecule has 7 heteroatoms. The molecule has 2 aromatic rings. The van der Waals surface area contributed by atoms with Gasteiger partial charge >= 0.3 is 0 Å². The number of benzene rings is 1. The van der Waals surface area contributed by atoms with Crippen molar-refractivity contribution in [2.24, 2.45) is 0 Å². The van der Waals surface area contributed by atoms with Crippen molar-refractivity contribution >= 4 is 54.2 Å². The molecule has 1 fully saturated rings. The van der Waals surface area contributed by atoms with Gasteiger partial charge in [0.2, 0.25) is 5.91 Å². The zero-order valence-electron chi connectivity index (χ0n) is 13.0. The van der Waals surface area contributed by atoms with Crippen LogP contribution in [0.1, 0.15) is 19.8 Å². The number of rotatable bonds is 5. The van der Waals surface area contributed by atoms with E-state index in [4.69, 9.17) is 4.74 Å². The highest BCUT2D eigenvalue weighted by Gasteiger charge is 2.17. The maximum Gasteiger partial charge on any atom is 0.239 e. The number of nitrogens with zero attached hydrogens (tertiary/aromatic N) is 2. The topological polar surface area (TPSA) is 54.5 Å². The number of ether oxygens (including phenoxy) is 1. The lowest BCUT2D eigenvalue weighted by molar-refractivity contribution is -0.115. The van der Waals surface area contributed by atoms with E-state index in [9.17, 15) is 4.79 Å². The van der Waals surface area contributed by atoms with Crippen LogP contribution in [0.3, 0.4) is 0 Å². The lowest BCUT2D eigenvalue weighted by atomic mass is 10.2. The number of nitrogens with one attached hydrogen (secondary N) is 1. The fourth-order valence-electron chi connectivity index (χ4n) is 2.55. The number of halogens is 1. The number of thiazole rings is 1. The number of aromatic nitrogens is 1. The Kier molecular flexibility index (Phi) is 5.50. The molecule has 1 aromatic heterocycles. The van der Waals surface area contributed by atoms with Crippen LogP contribution in [0, 0.1) is 0 Å². The number of morpholine rings is 1. The minimum atomic E-state index is -0.163. The molecule has 5 nitrogen and oxygen atoms in total. The second kappa shape index (κ2) is 7.59. The van der Waals surface area contributed by atoms with E-state index < -0.39 is 0 Å². The van der Waals surface area contributed by atoms with E-state index in [2.05, 4.69) is 50.2 Å². The van der Waals surface area contributed by atoms with Gasteiger partial charge < -0.3 is 15.0 Å². The maximum absolute atomic E-state index is 12.1. The molecule has 0 unspecified atom stereocenters. The van der Waals surface area contributed by atoms with Crippen molar-refractivity contribution in [2.45, 2.75) is 24.6 Å². The Balaban J connectivity index is 1.75. The van der Waals surface area contributed by atoms with Crippen LogP contribution in [-0.4, -0.2) is 42.0 Å². The molecule has 23 heavy (non-hydrogen) atoms. The van der Waals surface area contributed by atoms with Gasteiger partial charge in [-0.1, -0.05) is 40.6 Å². The second-order valence-corrected chi connectivity index (χ2v) is 7.65. The molecule has 1 amide bonds. The molecule has 0 spiro atoms. The molecule has 0 saturated carbocycles. The Morgan fingerprint density at radius 2 is 2.26 bits per heavy atom. The first kappa shape index (κ1) is 16.7. The quantitative estimate of drug-likeness (QED) is 0.782. The Morgan fingerprint density at radius 3 is 3.00 bits per heavy atom. The highest BCUT2D eigenvalue weighted by atomic mass is 79.9. The van der Waals surface area contributed by atoms with Crippen molar-refractivity contribution in [1.82, 2.24) is 4.98 Å². The normalized spacial score (nSPS) is 16.5. The molecule has 124 valence electrons. The predicted octanol–water partition coefficient (Wildman–Crippen LogP) is 3.64. The molecule has 1 aliphatic heterocycles. The van der Waals surface area contributed by atoms with Gasteiger partial charge in [-0.15, -0.1) is 0 Å². The fraction of sp³-hybridized carbons (Fsp3) is 0.500. The van der Waals surface area contributed by atoms with Crippen molar-refractivity contribution in [3.05, 3.63) is 18.2 Å². The SMILES string of the molecule is CCC[C@@H](Br)C(=O)Nc1nc2ccc(N3CCOCC3)cc2s1. The number of hydrogen-bond acceptors (Lipinski definition) is 5. The third kappa shape index (κ3) is 4.02. The largest absolute Gasteiger partial charge is 0.378 e. The number of amides is 1. The lowest BCUT2D eigenvalue weighted by Crippen LogP contribution is -2.36. The molecule has 1 aliphatic rings. The summed E-state index contributed by atoms with van der Waals surface area (Å²) >= 11 is 4.93. The third-order valence-corrected chi connectivity index (χ3v) is 5.61. The van der Waals surface area contributed by atoms with Crippen molar-refractivity contribution in [1.29, 1.82) is 0 Å². The maximum atomic E-state index is 12.1. The molecule has 0 aliphatic carbocycles. The van der Waals surface area contributed by atoms with Gasteiger partial charge in [-0.3, -0.25) is 4.79 Å². The summed E-state index contributed by atoms with van der Waals surface area (Å²) in [5, 5.41) is 3.56. The number of anilines is 2. The third-order valence-electron chi connectivity index (χ3n) is 3.81. The van der Waals surface area contributed by atoms with Crippen molar-refractivity contribution in [2.75, 3.05) is 36.5 Å². The number of alkyl halides is 1. The standard InChI is InChI=1S/C16H20BrN3O2S/c1-2-3-12(17)15(21)19-16-18-13-5-4-11(10-14(13)23-16)20-6-8-22-9-7-20/h4-5,10,12H,2-3,6-9H2,1H3,(H,18,19,21)/t12-/m1/s1. The molecule has 1 atom stereocenters. The van der Waals surface area contributed by atoms with Crippen LogP contribution < -0.4 is 10.2 Å². The first-order valence-corrected chi connectivity index (χ1v) is 9.59. The summed E-state index contributed by atoms with van der Waals surface area (Å²) < 4.78 is 6.48. The van der Waals surface area contributed by atoms with E-state index in [0.717, 1.165) is 49.4 Å². The Morgan fingerprint density at radius 1 is 1.48 bits per heavy atom. The zero-order chi connectivity index (χ0) is 16.2. The van der Waals surface area contributed by atoms with E-state index in [1.807, 2.05) is 6.07 Å². The Hall–Kier alpha value is -1.18. The van der Waals surface area contributed by atoms with Crippen LogP contribution in [0.4, 0.5) is 10.8 Å². The summed E-state index contributed by atoms with van der Waals surface area (Å²) in [4.78, 5) is 18.7. The van der Waals surface area contributed by atoms with Gasteiger partial charge in [-0.2, -0.15) is 0 Å². The first-order valence-electron chi connectivity index (χ1n) is 7.85. The highest BCUT2D eigenvalue weighted by molar-refractivity contribution is 9.10. The summed E-state index contributed by atoms with van der Waals surface area (Å²) in [6.45, 7) is 5.43. The molecular weight excluding hydrogens is 378 g/mol. The molecule has 2 heterocycles. The first-order chi connectivity index (χ1) is 11.2. The van der Waals surface area contributed by atoms with E-state index in [-0.39, 0.29) is 10.7 Å². The lowest BCUT2D eigenvalue weighted by Gasteiger charge is -2.28. The summed E-state index contributed by atoms with van der Waals surface area (Å²) in [6, 6.07) is 6.25. The summed E-state index contributed by atoms with van der Waals surface area (Å²) in [5.74, 6) is -0.0284. The summed E-state index contributed by atoms with van der Waals surface area (Å²) in [7, 11) is 0. The van der Waals surface area contributed by atoms with Gasteiger partial charge in [-0.25, -0.2) is 4.98 Å². The fourth-order valence-corrected chi connectivity index (χ4v) is 4.03. The van der Waals surface area contributed by atoms with Gasteiger partial charge in [-0.05, 0) is 24.6 Å². The van der Waals surface area contributed by atoms with Crippen LogP contribution in [0.25, 0.3) is 10.2 Å². The minimum Gasteiger partial charge on any atom is -0.378 e. The molecule has 0 radical (unpaired) electrons. The van der Waals surface area contributed by atoms with Gasteiger partial charge in [0.05, 0.1) is 28.3 Å². The number of carbonyl (C=O) groups excluding carboxylic acids is 1. The Labute approximate surface area is 148 Å². The monoisotopic (exact) mass is 397 g/mol. The molecule has 3 rings (SSSR count). The number of hydrogen-bond donors (Lipinski definition) is 1. The van der Waals surface area contributed by atoms with Crippen LogP contribution in [0.2, 0.25) is 0 Å². The average molecular weight is 398 g/mol. The molecule has 1 aromatic carbocycles. The van der Waals surface area contributed by atoms with Crippen LogP contribution >= 0.6 is 27.3 Å². The molecule has 1 saturated heterocycles. The van der Waals surface area contributed by atoms with Crippen molar-refractivity contribution < 1.29 is 9.53 Å². The molecule has 1 N–H and O–H groups in total. The molecular formula is C16H20BrN3O2S. The summed E-state index contributed by atoms with van der Waals surface area (Å²) in [5.41, 5.74) is 2.11. The van der Waals surface area contributed by atoms with Gasteiger partial charge in [0, 0.05) is 18.8 Å². The molecule has 0 bridgehead atoms. The summed E-state index contributed by atoms with van der Waals surface area (Å²) in [6.07, 6.45) is 1.78. The van der Waals surface area contributed by atoms with Crippen molar-refractivity contribution in [3.63, 3.8) is 0 Å². The second-order valence-electron chi connectivity index (χ2n) is 5.52. The number of carbonyl (C=O) groups is 1. The van der Waals surface area contributed by atoms with E-state index in [1.54, 1.807) is 0 Å². The van der Waals surface area contributed by atoms with Gasteiger partial charge in [0.25, 0.3) is 0 Å². The minimum absolute atomic E-state index is 0.0284. The van der Waals surface area contributed by atoms with Crippen molar-refractivity contribution in [3.8, 4) is 0 Å². The van der Waals surface area contributed by atoms with Gasteiger partial charge in [0.15, 0.2) is 5.13 Å². The van der Waals surface area contributed by atoms with E-state index >= 15 is 0 Å². The van der Waals surface area contributed by atoms with Crippen LogP contribution in [0.5, 0.6) is 0 Å². The smallest absolute Gasteiger partial charge is 0.239 e. The van der Waals surface area contributed by atoms with Crippen LogP contribution in [0.15, 0.2) is 18.2 Å². The number of fused-ring (bicyclic) bond motifs is 1. The van der Waals surface area contributed by atoms with Gasteiger partial charge in [0.1, 0.15) is 0 Å². The van der Waals surface area contributed by atoms with Crippen LogP contribution in [-0.2, 0) is 9.53 Å². The van der Waals surface area contributed by atoms with E-state index in [1.165, 1.54) is 17.0 Å². The zero-order valence-corrected chi connectivity index (χ0v) is 15.5. The predicted molar refractivity (Wildman–Crippen MR) is 98.9 cm³/mol.